The van der Waals surface area contributed by atoms with Gasteiger partial charge in [0.15, 0.2) is 0 Å². The third-order valence-electron chi connectivity index (χ3n) is 2.96. The van der Waals surface area contributed by atoms with Gasteiger partial charge in [-0.15, -0.1) is 0 Å². The maximum Gasteiger partial charge on any atom is 0.313 e. The molecule has 0 saturated carbocycles. The van der Waals surface area contributed by atoms with Gasteiger partial charge in [-0.3, -0.25) is 4.79 Å². The number of carbonyl (C=O) groups excluding carboxylic acids is 1. The summed E-state index contributed by atoms with van der Waals surface area (Å²) < 4.78 is 9.83. The van der Waals surface area contributed by atoms with E-state index in [0.717, 1.165) is 11.3 Å². The lowest BCUT2D eigenvalue weighted by Gasteiger charge is -2.28. The van der Waals surface area contributed by atoms with Crippen LogP contribution < -0.4 is 10.5 Å². The number of ether oxygens (including phenoxy) is 2. The van der Waals surface area contributed by atoms with Gasteiger partial charge < -0.3 is 15.2 Å². The SMILES string of the molecule is COC(=O)C(C)(C)[C@H](N)c1ccc(OC)cc1. The Morgan fingerprint density at radius 3 is 2.18 bits per heavy atom. The second-order valence-electron chi connectivity index (χ2n) is 4.46. The monoisotopic (exact) mass is 237 g/mol. The van der Waals surface area contributed by atoms with Crippen LogP contribution in [0.1, 0.15) is 25.5 Å². The fraction of sp³-hybridized carbons (Fsp3) is 0.462. The van der Waals surface area contributed by atoms with E-state index in [-0.39, 0.29) is 5.97 Å². The van der Waals surface area contributed by atoms with E-state index in [1.807, 2.05) is 24.3 Å². The van der Waals surface area contributed by atoms with Crippen LogP contribution in [0.5, 0.6) is 5.75 Å². The van der Waals surface area contributed by atoms with Gasteiger partial charge in [-0.1, -0.05) is 12.1 Å². The van der Waals surface area contributed by atoms with Gasteiger partial charge >= 0.3 is 5.97 Å². The summed E-state index contributed by atoms with van der Waals surface area (Å²) >= 11 is 0. The Morgan fingerprint density at radius 1 is 1.24 bits per heavy atom. The first-order valence-electron chi connectivity index (χ1n) is 5.41. The Morgan fingerprint density at radius 2 is 1.76 bits per heavy atom. The number of hydrogen-bond acceptors (Lipinski definition) is 4. The lowest BCUT2D eigenvalue weighted by atomic mass is 9.81. The number of rotatable bonds is 4. The van der Waals surface area contributed by atoms with Crippen LogP contribution in [0.15, 0.2) is 24.3 Å². The minimum atomic E-state index is -0.761. The van der Waals surface area contributed by atoms with E-state index in [0.29, 0.717) is 0 Å². The highest BCUT2D eigenvalue weighted by molar-refractivity contribution is 5.77. The molecule has 1 aromatic carbocycles. The molecule has 4 nitrogen and oxygen atoms in total. The minimum absolute atomic E-state index is 0.319. The van der Waals surface area contributed by atoms with Crippen molar-refractivity contribution in [3.8, 4) is 5.75 Å². The van der Waals surface area contributed by atoms with Crippen LogP contribution >= 0.6 is 0 Å². The van der Waals surface area contributed by atoms with Crippen molar-refractivity contribution >= 4 is 5.97 Å². The molecular weight excluding hydrogens is 218 g/mol. The zero-order valence-electron chi connectivity index (χ0n) is 10.7. The zero-order valence-corrected chi connectivity index (χ0v) is 10.7. The topological polar surface area (TPSA) is 61.5 Å². The van der Waals surface area contributed by atoms with Crippen molar-refractivity contribution in [1.82, 2.24) is 0 Å². The Kier molecular flexibility index (Phi) is 4.12. The highest BCUT2D eigenvalue weighted by Crippen LogP contribution is 2.33. The van der Waals surface area contributed by atoms with Gasteiger partial charge in [0.2, 0.25) is 0 Å². The molecule has 0 unspecified atom stereocenters. The predicted molar refractivity (Wildman–Crippen MR) is 65.7 cm³/mol. The summed E-state index contributed by atoms with van der Waals surface area (Å²) in [7, 11) is 2.97. The molecule has 0 spiro atoms. The molecule has 0 heterocycles. The molecule has 0 bridgehead atoms. The van der Waals surface area contributed by atoms with Crippen LogP contribution in [0, 0.1) is 5.41 Å². The highest BCUT2D eigenvalue weighted by atomic mass is 16.5. The first-order valence-corrected chi connectivity index (χ1v) is 5.41. The van der Waals surface area contributed by atoms with E-state index in [1.54, 1.807) is 21.0 Å². The molecule has 4 heteroatoms. The maximum atomic E-state index is 11.6. The average molecular weight is 237 g/mol. The summed E-state index contributed by atoms with van der Waals surface area (Å²) in [5, 5.41) is 0. The summed E-state index contributed by atoms with van der Waals surface area (Å²) in [5.41, 5.74) is 6.21. The molecule has 1 atom stereocenters. The largest absolute Gasteiger partial charge is 0.497 e. The molecule has 17 heavy (non-hydrogen) atoms. The van der Waals surface area contributed by atoms with Crippen LogP contribution in [0.3, 0.4) is 0 Å². The summed E-state index contributed by atoms with van der Waals surface area (Å²) in [6.45, 7) is 3.54. The molecule has 0 aliphatic rings. The van der Waals surface area contributed by atoms with Crippen molar-refractivity contribution in [3.05, 3.63) is 29.8 Å². The Hall–Kier alpha value is -1.55. The van der Waals surface area contributed by atoms with Gasteiger partial charge in [-0.05, 0) is 31.5 Å². The van der Waals surface area contributed by atoms with Gasteiger partial charge in [-0.2, -0.15) is 0 Å². The smallest absolute Gasteiger partial charge is 0.313 e. The second kappa shape index (κ2) is 5.19. The predicted octanol–water partition coefficient (Wildman–Crippen LogP) is 1.89. The van der Waals surface area contributed by atoms with Gasteiger partial charge in [0.25, 0.3) is 0 Å². The normalized spacial score (nSPS) is 13.0. The number of carbonyl (C=O) groups is 1. The number of methoxy groups -OCH3 is 2. The second-order valence-corrected chi connectivity index (χ2v) is 4.46. The maximum absolute atomic E-state index is 11.6. The molecule has 2 N–H and O–H groups in total. The van der Waals surface area contributed by atoms with Crippen LogP contribution in [-0.2, 0) is 9.53 Å². The summed E-state index contributed by atoms with van der Waals surface area (Å²) in [6.07, 6.45) is 0. The van der Waals surface area contributed by atoms with Crippen LogP contribution in [0.25, 0.3) is 0 Å². The Labute approximate surface area is 102 Å². The third-order valence-corrected chi connectivity index (χ3v) is 2.96. The quantitative estimate of drug-likeness (QED) is 0.812. The molecular formula is C13H19NO3. The molecule has 0 radical (unpaired) electrons. The molecule has 0 fully saturated rings. The third kappa shape index (κ3) is 2.77. The molecule has 0 aliphatic heterocycles. The van der Waals surface area contributed by atoms with Crippen molar-refractivity contribution in [2.45, 2.75) is 19.9 Å². The molecule has 0 amide bonds. The van der Waals surface area contributed by atoms with Crippen LogP contribution in [0.2, 0.25) is 0 Å². The van der Waals surface area contributed by atoms with Crippen LogP contribution in [0.4, 0.5) is 0 Å². The molecule has 1 aromatic rings. The van der Waals surface area contributed by atoms with E-state index in [9.17, 15) is 4.79 Å². The molecule has 0 aromatic heterocycles. The van der Waals surface area contributed by atoms with Crippen LogP contribution in [-0.4, -0.2) is 20.2 Å². The number of esters is 1. The standard InChI is InChI=1S/C13H19NO3/c1-13(2,12(15)17-4)11(14)9-5-7-10(16-3)8-6-9/h5-8,11H,14H2,1-4H3/t11-/m1/s1. The van der Waals surface area contributed by atoms with E-state index in [1.165, 1.54) is 7.11 Å². The fourth-order valence-electron chi connectivity index (χ4n) is 1.62. The van der Waals surface area contributed by atoms with E-state index in [2.05, 4.69) is 0 Å². The van der Waals surface area contributed by atoms with Gasteiger partial charge in [0.1, 0.15) is 5.75 Å². The minimum Gasteiger partial charge on any atom is -0.497 e. The van der Waals surface area contributed by atoms with Gasteiger partial charge in [0, 0.05) is 6.04 Å². The zero-order chi connectivity index (χ0) is 13.1. The lowest BCUT2D eigenvalue weighted by Crippen LogP contribution is -2.37. The number of hydrogen-bond donors (Lipinski definition) is 1. The van der Waals surface area contributed by atoms with E-state index < -0.39 is 11.5 Å². The van der Waals surface area contributed by atoms with Crippen molar-refractivity contribution in [2.24, 2.45) is 11.1 Å². The van der Waals surface area contributed by atoms with E-state index >= 15 is 0 Å². The number of nitrogens with two attached hydrogens (primary N) is 1. The first-order chi connectivity index (χ1) is 7.93. The molecule has 0 saturated heterocycles. The summed E-state index contributed by atoms with van der Waals surface area (Å²) in [5.74, 6) is 0.442. The average Bonchev–Trinajstić information content (AvgIpc) is 2.36. The Balaban J connectivity index is 2.95. The van der Waals surface area contributed by atoms with Crippen molar-refractivity contribution in [1.29, 1.82) is 0 Å². The van der Waals surface area contributed by atoms with Crippen molar-refractivity contribution in [3.63, 3.8) is 0 Å². The number of benzene rings is 1. The first kappa shape index (κ1) is 13.5. The van der Waals surface area contributed by atoms with Gasteiger partial charge in [-0.25, -0.2) is 0 Å². The Bertz CT molecular complexity index is 384. The lowest BCUT2D eigenvalue weighted by molar-refractivity contribution is -0.152. The molecule has 1 rings (SSSR count). The van der Waals surface area contributed by atoms with Crippen molar-refractivity contribution < 1.29 is 14.3 Å². The van der Waals surface area contributed by atoms with E-state index in [4.69, 9.17) is 15.2 Å². The summed E-state index contributed by atoms with van der Waals surface area (Å²) in [4.78, 5) is 11.6. The molecule has 0 aliphatic carbocycles. The fourth-order valence-corrected chi connectivity index (χ4v) is 1.62. The highest BCUT2D eigenvalue weighted by Gasteiger charge is 2.36. The summed E-state index contributed by atoms with van der Waals surface area (Å²) in [6, 6.07) is 6.94. The molecule has 94 valence electrons. The van der Waals surface area contributed by atoms with Crippen molar-refractivity contribution in [2.75, 3.05) is 14.2 Å². The van der Waals surface area contributed by atoms with Gasteiger partial charge in [0.05, 0.1) is 19.6 Å².